The van der Waals surface area contributed by atoms with Gasteiger partial charge in [-0.25, -0.2) is 0 Å². The largest absolute Gasteiger partial charge is 0.481 e. The molecule has 0 unspecified atom stereocenters. The summed E-state index contributed by atoms with van der Waals surface area (Å²) in [5.41, 5.74) is 2.54. The van der Waals surface area contributed by atoms with Crippen LogP contribution in [-0.2, 0) is 11.2 Å². The highest BCUT2D eigenvalue weighted by molar-refractivity contribution is 6.29. The molecule has 6 heteroatoms. The van der Waals surface area contributed by atoms with Crippen LogP contribution in [0, 0.1) is 6.92 Å². The van der Waals surface area contributed by atoms with Crippen LogP contribution in [0.3, 0.4) is 0 Å². The fourth-order valence-electron chi connectivity index (χ4n) is 2.39. The van der Waals surface area contributed by atoms with Crippen molar-refractivity contribution in [3.8, 4) is 11.6 Å². The monoisotopic (exact) mass is 318 g/mol. The summed E-state index contributed by atoms with van der Waals surface area (Å²) < 4.78 is 5.93. The number of ether oxygens (including phenoxy) is 1. The number of para-hydroxylation sites is 1. The molecule has 1 aliphatic rings. The van der Waals surface area contributed by atoms with E-state index in [1.807, 2.05) is 25.1 Å². The topological polar surface area (TPSA) is 72.3 Å². The predicted molar refractivity (Wildman–Crippen MR) is 81.6 cm³/mol. The van der Waals surface area contributed by atoms with Gasteiger partial charge in [0.05, 0.1) is 6.42 Å². The zero-order chi connectivity index (χ0) is 15.7. The standard InChI is InChI=1S/C16H15ClN2O3/c1-9-3-2-4-12(10-5-6-10)15(9)22-16-11(8-14(20)21)7-13(17)18-19-16/h2-4,7,10H,5-6,8H2,1H3,(H,20,21). The van der Waals surface area contributed by atoms with Gasteiger partial charge in [-0.1, -0.05) is 29.8 Å². The molecule has 3 rings (SSSR count). The number of halogens is 1. The maximum atomic E-state index is 11.0. The summed E-state index contributed by atoms with van der Waals surface area (Å²) in [6.45, 7) is 1.96. The van der Waals surface area contributed by atoms with Crippen LogP contribution in [0.5, 0.6) is 11.6 Å². The highest BCUT2D eigenvalue weighted by Crippen LogP contribution is 2.46. The van der Waals surface area contributed by atoms with Crippen molar-refractivity contribution in [3.05, 3.63) is 46.1 Å². The summed E-state index contributed by atoms with van der Waals surface area (Å²) in [5.74, 6) is 0.482. The van der Waals surface area contributed by atoms with E-state index in [9.17, 15) is 4.79 Å². The van der Waals surface area contributed by atoms with Gasteiger partial charge in [0.25, 0.3) is 0 Å². The van der Waals surface area contributed by atoms with Crippen molar-refractivity contribution in [2.24, 2.45) is 0 Å². The molecule has 22 heavy (non-hydrogen) atoms. The molecule has 1 aliphatic carbocycles. The van der Waals surface area contributed by atoms with Crippen molar-refractivity contribution >= 4 is 17.6 Å². The summed E-state index contributed by atoms with van der Waals surface area (Å²) >= 11 is 5.80. The fourth-order valence-corrected chi connectivity index (χ4v) is 2.56. The summed E-state index contributed by atoms with van der Waals surface area (Å²) in [4.78, 5) is 11.0. The summed E-state index contributed by atoms with van der Waals surface area (Å²) in [5, 5.41) is 16.8. The molecule has 1 N–H and O–H groups in total. The fraction of sp³-hybridized carbons (Fsp3) is 0.312. The van der Waals surface area contributed by atoms with E-state index in [0.717, 1.165) is 29.7 Å². The Kier molecular flexibility index (Phi) is 3.98. The van der Waals surface area contributed by atoms with E-state index in [2.05, 4.69) is 10.2 Å². The van der Waals surface area contributed by atoms with Crippen LogP contribution >= 0.6 is 11.6 Å². The van der Waals surface area contributed by atoms with Crippen molar-refractivity contribution < 1.29 is 14.6 Å². The van der Waals surface area contributed by atoms with E-state index >= 15 is 0 Å². The zero-order valence-corrected chi connectivity index (χ0v) is 12.8. The van der Waals surface area contributed by atoms with Crippen LogP contribution in [-0.4, -0.2) is 21.3 Å². The predicted octanol–water partition coefficient (Wildman–Crippen LogP) is 3.74. The highest BCUT2D eigenvalue weighted by Gasteiger charge is 2.28. The van der Waals surface area contributed by atoms with Gasteiger partial charge in [-0.05, 0) is 42.9 Å². The third-order valence-corrected chi connectivity index (χ3v) is 3.79. The van der Waals surface area contributed by atoms with Crippen LogP contribution in [0.4, 0.5) is 0 Å². The molecule has 1 aromatic heterocycles. The van der Waals surface area contributed by atoms with Crippen molar-refractivity contribution in [2.75, 3.05) is 0 Å². The van der Waals surface area contributed by atoms with Crippen molar-refractivity contribution in [2.45, 2.75) is 32.1 Å². The van der Waals surface area contributed by atoms with Crippen LogP contribution in [0.2, 0.25) is 5.15 Å². The molecule has 0 radical (unpaired) electrons. The number of carbonyl (C=O) groups is 1. The molecule has 0 amide bonds. The number of carboxylic acids is 1. The van der Waals surface area contributed by atoms with Crippen LogP contribution < -0.4 is 4.74 Å². The van der Waals surface area contributed by atoms with E-state index < -0.39 is 5.97 Å². The minimum absolute atomic E-state index is 0.149. The molecule has 0 atom stereocenters. The average molecular weight is 319 g/mol. The quantitative estimate of drug-likeness (QED) is 0.909. The number of carboxylic acid groups (broad SMARTS) is 1. The number of nitrogens with zero attached hydrogens (tertiary/aromatic N) is 2. The lowest BCUT2D eigenvalue weighted by molar-refractivity contribution is -0.136. The molecule has 0 aliphatic heterocycles. The van der Waals surface area contributed by atoms with Gasteiger partial charge in [0.1, 0.15) is 5.75 Å². The minimum Gasteiger partial charge on any atom is -0.481 e. The first kappa shape index (κ1) is 14.8. The third-order valence-electron chi connectivity index (χ3n) is 3.60. The van der Waals surface area contributed by atoms with Gasteiger partial charge < -0.3 is 9.84 Å². The van der Waals surface area contributed by atoms with E-state index in [-0.39, 0.29) is 17.5 Å². The van der Waals surface area contributed by atoms with Gasteiger partial charge in [-0.2, -0.15) is 0 Å². The van der Waals surface area contributed by atoms with Crippen molar-refractivity contribution in [1.29, 1.82) is 0 Å². The van der Waals surface area contributed by atoms with Crippen LogP contribution in [0.15, 0.2) is 24.3 Å². The second kappa shape index (κ2) is 5.93. The maximum Gasteiger partial charge on any atom is 0.308 e. The van der Waals surface area contributed by atoms with Crippen molar-refractivity contribution in [3.63, 3.8) is 0 Å². The number of rotatable bonds is 5. The molecule has 0 bridgehead atoms. The van der Waals surface area contributed by atoms with Gasteiger partial charge in [-0.15, -0.1) is 10.2 Å². The number of hydrogen-bond donors (Lipinski definition) is 1. The summed E-state index contributed by atoms with van der Waals surface area (Å²) in [6, 6.07) is 7.48. The van der Waals surface area contributed by atoms with E-state index in [4.69, 9.17) is 21.4 Å². The number of aryl methyl sites for hydroxylation is 1. The Morgan fingerprint density at radius 1 is 1.41 bits per heavy atom. The molecular weight excluding hydrogens is 304 g/mol. The number of aromatic nitrogens is 2. The molecule has 1 fully saturated rings. The Hall–Kier alpha value is -2.14. The smallest absolute Gasteiger partial charge is 0.308 e. The molecule has 2 aromatic rings. The van der Waals surface area contributed by atoms with Crippen molar-refractivity contribution in [1.82, 2.24) is 10.2 Å². The molecule has 114 valence electrons. The average Bonchev–Trinajstić information content (AvgIpc) is 3.27. The minimum atomic E-state index is -0.971. The SMILES string of the molecule is Cc1cccc(C2CC2)c1Oc1nnc(Cl)cc1CC(=O)O. The number of benzene rings is 1. The molecule has 1 heterocycles. The second-order valence-corrected chi connectivity index (χ2v) is 5.82. The Morgan fingerprint density at radius 2 is 2.18 bits per heavy atom. The lowest BCUT2D eigenvalue weighted by Crippen LogP contribution is -2.05. The first-order valence-electron chi connectivity index (χ1n) is 7.06. The maximum absolute atomic E-state index is 11.0. The van der Waals surface area contributed by atoms with Gasteiger partial charge in [-0.3, -0.25) is 4.79 Å². The van der Waals surface area contributed by atoms with Crippen LogP contribution in [0.1, 0.15) is 35.4 Å². The van der Waals surface area contributed by atoms with Gasteiger partial charge in [0.15, 0.2) is 5.15 Å². The van der Waals surface area contributed by atoms with Gasteiger partial charge in [0.2, 0.25) is 5.88 Å². The normalized spacial score (nSPS) is 13.9. The zero-order valence-electron chi connectivity index (χ0n) is 12.0. The van der Waals surface area contributed by atoms with E-state index in [1.165, 1.54) is 6.07 Å². The van der Waals surface area contributed by atoms with Gasteiger partial charge in [0, 0.05) is 5.56 Å². The third kappa shape index (κ3) is 3.20. The van der Waals surface area contributed by atoms with Crippen LogP contribution in [0.25, 0.3) is 0 Å². The molecular formula is C16H15ClN2O3. The van der Waals surface area contributed by atoms with E-state index in [0.29, 0.717) is 11.5 Å². The first-order valence-corrected chi connectivity index (χ1v) is 7.43. The number of aliphatic carboxylic acids is 1. The Labute approximate surface area is 132 Å². The first-order chi connectivity index (χ1) is 10.5. The molecule has 5 nitrogen and oxygen atoms in total. The van der Waals surface area contributed by atoms with Gasteiger partial charge >= 0.3 is 5.97 Å². The Balaban J connectivity index is 1.98. The lowest BCUT2D eigenvalue weighted by atomic mass is 10.1. The Morgan fingerprint density at radius 3 is 2.86 bits per heavy atom. The molecule has 0 saturated heterocycles. The van der Waals surface area contributed by atoms with E-state index in [1.54, 1.807) is 0 Å². The highest BCUT2D eigenvalue weighted by atomic mass is 35.5. The second-order valence-electron chi connectivity index (χ2n) is 5.44. The Bertz CT molecular complexity index is 729. The number of hydrogen-bond acceptors (Lipinski definition) is 4. The lowest BCUT2D eigenvalue weighted by Gasteiger charge is -2.14. The molecule has 1 saturated carbocycles. The molecule has 0 spiro atoms. The summed E-state index contributed by atoms with van der Waals surface area (Å²) in [6.07, 6.45) is 2.08. The molecule has 1 aromatic carbocycles. The summed E-state index contributed by atoms with van der Waals surface area (Å²) in [7, 11) is 0.